The molecule has 1 aliphatic rings. The first-order valence-electron chi connectivity index (χ1n) is 6.79. The van der Waals surface area contributed by atoms with Crippen LogP contribution in [0.2, 0.25) is 0 Å². The number of rotatable bonds is 3. The van der Waals surface area contributed by atoms with E-state index in [1.165, 1.54) is 4.90 Å². The van der Waals surface area contributed by atoms with Gasteiger partial charge in [0.25, 0.3) is 5.91 Å². The van der Waals surface area contributed by atoms with Gasteiger partial charge in [-0.3, -0.25) is 9.69 Å². The maximum atomic E-state index is 12.5. The molecule has 0 aromatic heterocycles. The summed E-state index contributed by atoms with van der Waals surface area (Å²) in [5.41, 5.74) is 0.738. The van der Waals surface area contributed by atoms with Gasteiger partial charge in [0.15, 0.2) is 0 Å². The minimum atomic E-state index is -1.12. The van der Waals surface area contributed by atoms with Gasteiger partial charge >= 0.3 is 5.97 Å². The Morgan fingerprint density at radius 1 is 1.43 bits per heavy atom. The summed E-state index contributed by atoms with van der Waals surface area (Å²) in [6.07, 6.45) is 0.134. The van der Waals surface area contributed by atoms with Crippen molar-refractivity contribution in [3.63, 3.8) is 0 Å². The average Bonchev–Trinajstić information content (AvgIpc) is 2.73. The molecule has 2 N–H and O–H groups in total. The molecule has 112 valence electrons. The Kier molecular flexibility index (Phi) is 3.97. The van der Waals surface area contributed by atoms with Gasteiger partial charge in [0.2, 0.25) is 0 Å². The molecule has 2 rings (SSSR count). The third kappa shape index (κ3) is 2.49. The predicted molar refractivity (Wildman–Crippen MR) is 79.9 cm³/mol. The smallest absolute Gasteiger partial charge is 0.332 e. The standard InChI is InChI=1S/C15H19N3O3/c1-4-21-14(20)15(3)9-12(17-16)13(19)18(15)11-7-5-10(2)6-8-11/h5-8H,4,9,16H2,1-3H3/b17-12-/t15-/m1/s1. The van der Waals surface area contributed by atoms with Crippen LogP contribution in [0.25, 0.3) is 0 Å². The molecule has 0 aliphatic carbocycles. The maximum absolute atomic E-state index is 12.5. The SMILES string of the molecule is CCOC(=O)[C@@]1(C)C/C(=N/N)C(=O)N1c1ccc(C)cc1. The van der Waals surface area contributed by atoms with E-state index in [0.717, 1.165) is 5.56 Å². The van der Waals surface area contributed by atoms with Crippen LogP contribution in [0.5, 0.6) is 0 Å². The van der Waals surface area contributed by atoms with Crippen LogP contribution < -0.4 is 10.7 Å². The fourth-order valence-electron chi connectivity index (χ4n) is 2.48. The van der Waals surface area contributed by atoms with Gasteiger partial charge in [-0.15, -0.1) is 0 Å². The van der Waals surface area contributed by atoms with Crippen molar-refractivity contribution in [3.05, 3.63) is 29.8 Å². The molecule has 6 nitrogen and oxygen atoms in total. The Labute approximate surface area is 123 Å². The van der Waals surface area contributed by atoms with E-state index in [0.29, 0.717) is 5.69 Å². The zero-order valence-corrected chi connectivity index (χ0v) is 12.4. The number of benzene rings is 1. The van der Waals surface area contributed by atoms with Crippen molar-refractivity contribution in [2.45, 2.75) is 32.7 Å². The number of carbonyl (C=O) groups is 2. The van der Waals surface area contributed by atoms with Crippen LogP contribution >= 0.6 is 0 Å². The highest BCUT2D eigenvalue weighted by molar-refractivity contribution is 6.48. The Hall–Kier alpha value is -2.37. The van der Waals surface area contributed by atoms with E-state index in [1.54, 1.807) is 26.0 Å². The van der Waals surface area contributed by atoms with Gasteiger partial charge in [-0.05, 0) is 32.9 Å². The third-order valence-electron chi connectivity index (χ3n) is 3.62. The number of aryl methyl sites for hydroxylation is 1. The van der Waals surface area contributed by atoms with Crippen LogP contribution in [0.15, 0.2) is 29.4 Å². The first-order chi connectivity index (χ1) is 9.93. The van der Waals surface area contributed by atoms with Crippen molar-refractivity contribution < 1.29 is 14.3 Å². The Balaban J connectivity index is 2.49. The van der Waals surface area contributed by atoms with Gasteiger partial charge in [0.05, 0.1) is 6.61 Å². The molecule has 21 heavy (non-hydrogen) atoms. The third-order valence-corrected chi connectivity index (χ3v) is 3.62. The summed E-state index contributed by atoms with van der Waals surface area (Å²) in [6.45, 7) is 5.60. The second-order valence-electron chi connectivity index (χ2n) is 5.22. The maximum Gasteiger partial charge on any atom is 0.332 e. The summed E-state index contributed by atoms with van der Waals surface area (Å²) in [5.74, 6) is 4.45. The highest BCUT2D eigenvalue weighted by Crippen LogP contribution is 2.34. The monoisotopic (exact) mass is 289 g/mol. The van der Waals surface area contributed by atoms with Gasteiger partial charge in [-0.2, -0.15) is 5.10 Å². The normalized spacial score (nSPS) is 23.7. The van der Waals surface area contributed by atoms with Gasteiger partial charge < -0.3 is 10.6 Å². The summed E-state index contributed by atoms with van der Waals surface area (Å²) in [5, 5.41) is 3.52. The number of hydrogen-bond donors (Lipinski definition) is 1. The summed E-state index contributed by atoms with van der Waals surface area (Å²) in [6, 6.07) is 7.35. The summed E-state index contributed by atoms with van der Waals surface area (Å²) >= 11 is 0. The average molecular weight is 289 g/mol. The van der Waals surface area contributed by atoms with Gasteiger partial charge in [-0.25, -0.2) is 4.79 Å². The number of nitrogens with two attached hydrogens (primary N) is 1. The molecular weight excluding hydrogens is 270 g/mol. The molecule has 1 saturated heterocycles. The van der Waals surface area contributed by atoms with Crippen LogP contribution in [-0.4, -0.2) is 29.7 Å². The number of hydrazone groups is 1. The lowest BCUT2D eigenvalue weighted by molar-refractivity contribution is -0.149. The van der Waals surface area contributed by atoms with Gasteiger partial charge in [0, 0.05) is 12.1 Å². The Morgan fingerprint density at radius 2 is 2.05 bits per heavy atom. The minimum Gasteiger partial charge on any atom is -0.464 e. The summed E-state index contributed by atoms with van der Waals surface area (Å²) in [4.78, 5) is 26.2. The number of nitrogens with zero attached hydrogens (tertiary/aromatic N) is 2. The van der Waals surface area contributed by atoms with Crippen LogP contribution in [0, 0.1) is 6.92 Å². The van der Waals surface area contributed by atoms with Crippen LogP contribution in [-0.2, 0) is 14.3 Å². The fourth-order valence-corrected chi connectivity index (χ4v) is 2.48. The molecule has 1 aliphatic heterocycles. The molecule has 1 heterocycles. The molecule has 1 aromatic carbocycles. The molecule has 0 radical (unpaired) electrons. The number of esters is 1. The molecule has 0 saturated carbocycles. The molecule has 1 aromatic rings. The first-order valence-corrected chi connectivity index (χ1v) is 6.79. The first kappa shape index (κ1) is 15.0. The van der Waals surface area contributed by atoms with E-state index >= 15 is 0 Å². The minimum absolute atomic E-state index is 0.134. The molecule has 0 unspecified atom stereocenters. The predicted octanol–water partition coefficient (Wildman–Crippen LogP) is 1.37. The number of amides is 1. The fraction of sp³-hybridized carbons (Fsp3) is 0.400. The van der Waals surface area contributed by atoms with Gasteiger partial charge in [-0.1, -0.05) is 17.7 Å². The molecule has 1 fully saturated rings. The van der Waals surface area contributed by atoms with Crippen LogP contribution in [0.4, 0.5) is 5.69 Å². The van der Waals surface area contributed by atoms with E-state index in [4.69, 9.17) is 10.6 Å². The lowest BCUT2D eigenvalue weighted by Gasteiger charge is -2.32. The van der Waals surface area contributed by atoms with E-state index in [9.17, 15) is 9.59 Å². The number of ether oxygens (including phenoxy) is 1. The number of hydrogen-bond acceptors (Lipinski definition) is 5. The van der Waals surface area contributed by atoms with Crippen LogP contribution in [0.3, 0.4) is 0 Å². The van der Waals surface area contributed by atoms with Crippen molar-refractivity contribution >= 4 is 23.3 Å². The van der Waals surface area contributed by atoms with E-state index in [-0.39, 0.29) is 24.6 Å². The van der Waals surface area contributed by atoms with E-state index in [1.807, 2.05) is 19.1 Å². The molecule has 6 heteroatoms. The lowest BCUT2D eigenvalue weighted by atomic mass is 9.98. The van der Waals surface area contributed by atoms with Crippen molar-refractivity contribution in [2.75, 3.05) is 11.5 Å². The Morgan fingerprint density at radius 3 is 2.57 bits per heavy atom. The zero-order valence-electron chi connectivity index (χ0n) is 12.4. The van der Waals surface area contributed by atoms with E-state index in [2.05, 4.69) is 5.10 Å². The molecule has 0 bridgehead atoms. The highest BCUT2D eigenvalue weighted by Gasteiger charge is 2.53. The number of carbonyl (C=O) groups excluding carboxylic acids is 2. The van der Waals surface area contributed by atoms with Crippen molar-refractivity contribution in [3.8, 4) is 0 Å². The van der Waals surface area contributed by atoms with Crippen LogP contribution in [0.1, 0.15) is 25.8 Å². The Bertz CT molecular complexity index is 595. The molecular formula is C15H19N3O3. The largest absolute Gasteiger partial charge is 0.464 e. The van der Waals surface area contributed by atoms with Crippen molar-refractivity contribution in [1.82, 2.24) is 0 Å². The summed E-state index contributed by atoms with van der Waals surface area (Å²) in [7, 11) is 0. The molecule has 1 amide bonds. The second-order valence-corrected chi connectivity index (χ2v) is 5.22. The van der Waals surface area contributed by atoms with Gasteiger partial charge in [0.1, 0.15) is 11.3 Å². The highest BCUT2D eigenvalue weighted by atomic mass is 16.5. The second kappa shape index (κ2) is 5.55. The molecule has 1 atom stereocenters. The lowest BCUT2D eigenvalue weighted by Crippen LogP contribution is -2.50. The quantitative estimate of drug-likeness (QED) is 0.517. The van der Waals surface area contributed by atoms with E-state index < -0.39 is 11.5 Å². The zero-order chi connectivity index (χ0) is 15.6. The summed E-state index contributed by atoms with van der Waals surface area (Å²) < 4.78 is 5.12. The number of anilines is 1. The van der Waals surface area contributed by atoms with Crippen molar-refractivity contribution in [1.29, 1.82) is 0 Å². The van der Waals surface area contributed by atoms with Crippen molar-refractivity contribution in [2.24, 2.45) is 10.9 Å². The molecule has 0 spiro atoms. The topological polar surface area (TPSA) is 85.0 Å².